The number of benzene rings is 1. The van der Waals surface area contributed by atoms with Crippen molar-refractivity contribution < 1.29 is 9.50 Å². The molecular formula is C11H14FNO. The van der Waals surface area contributed by atoms with Crippen molar-refractivity contribution >= 4 is 0 Å². The van der Waals surface area contributed by atoms with E-state index in [1.165, 1.54) is 12.1 Å². The second-order valence-corrected chi connectivity index (χ2v) is 3.99. The van der Waals surface area contributed by atoms with Crippen LogP contribution in [0.4, 0.5) is 4.39 Å². The maximum Gasteiger partial charge on any atom is 0.165 e. The molecule has 3 heteroatoms. The SMILES string of the molecule is CNC1(Cc2ccc(O)c(F)c2)CC1. The Morgan fingerprint density at radius 3 is 2.71 bits per heavy atom. The normalized spacial score (nSPS) is 18.1. The molecule has 2 rings (SSSR count). The van der Waals surface area contributed by atoms with E-state index in [0.717, 1.165) is 24.8 Å². The number of hydrogen-bond donors (Lipinski definition) is 2. The zero-order chi connectivity index (χ0) is 10.2. The number of nitrogens with one attached hydrogen (secondary N) is 1. The molecule has 0 unspecified atom stereocenters. The number of aromatic hydroxyl groups is 1. The third-order valence-electron chi connectivity index (χ3n) is 2.94. The minimum atomic E-state index is -0.533. The summed E-state index contributed by atoms with van der Waals surface area (Å²) in [5.41, 5.74) is 1.12. The van der Waals surface area contributed by atoms with E-state index in [-0.39, 0.29) is 11.3 Å². The summed E-state index contributed by atoms with van der Waals surface area (Å²) in [6, 6.07) is 4.60. The van der Waals surface area contributed by atoms with Gasteiger partial charge in [0.15, 0.2) is 11.6 Å². The Balaban J connectivity index is 2.14. The van der Waals surface area contributed by atoms with Gasteiger partial charge in [-0.05, 0) is 44.0 Å². The topological polar surface area (TPSA) is 32.3 Å². The van der Waals surface area contributed by atoms with E-state index in [2.05, 4.69) is 5.32 Å². The van der Waals surface area contributed by atoms with E-state index in [0.29, 0.717) is 0 Å². The number of phenolic OH excluding ortho intramolecular Hbond substituents is 1. The van der Waals surface area contributed by atoms with Gasteiger partial charge in [0.25, 0.3) is 0 Å². The molecule has 14 heavy (non-hydrogen) atoms. The molecule has 2 N–H and O–H groups in total. The zero-order valence-electron chi connectivity index (χ0n) is 8.18. The molecule has 0 aliphatic heterocycles. The van der Waals surface area contributed by atoms with Crippen molar-refractivity contribution in [2.45, 2.75) is 24.8 Å². The molecule has 1 aromatic carbocycles. The Morgan fingerprint density at radius 1 is 1.50 bits per heavy atom. The third kappa shape index (κ3) is 1.73. The lowest BCUT2D eigenvalue weighted by Gasteiger charge is -2.13. The predicted octanol–water partition coefficient (Wildman–Crippen LogP) is 1.83. The van der Waals surface area contributed by atoms with Gasteiger partial charge in [-0.25, -0.2) is 4.39 Å². The maximum atomic E-state index is 13.0. The molecule has 1 saturated carbocycles. The van der Waals surface area contributed by atoms with Crippen molar-refractivity contribution in [2.24, 2.45) is 0 Å². The van der Waals surface area contributed by atoms with Gasteiger partial charge in [-0.15, -0.1) is 0 Å². The van der Waals surface area contributed by atoms with Crippen LogP contribution >= 0.6 is 0 Å². The monoisotopic (exact) mass is 195 g/mol. The summed E-state index contributed by atoms with van der Waals surface area (Å²) >= 11 is 0. The Labute approximate surface area is 82.8 Å². The molecule has 0 bridgehead atoms. The molecule has 76 valence electrons. The highest BCUT2D eigenvalue weighted by molar-refractivity contribution is 5.30. The second-order valence-electron chi connectivity index (χ2n) is 3.99. The first-order valence-electron chi connectivity index (χ1n) is 4.81. The molecule has 0 saturated heterocycles. The minimum Gasteiger partial charge on any atom is -0.505 e. The van der Waals surface area contributed by atoms with Crippen LogP contribution < -0.4 is 5.32 Å². The van der Waals surface area contributed by atoms with Gasteiger partial charge in [0.1, 0.15) is 0 Å². The van der Waals surface area contributed by atoms with Gasteiger partial charge in [0.05, 0.1) is 0 Å². The number of likely N-dealkylation sites (N-methyl/N-ethyl adjacent to an activating group) is 1. The van der Waals surface area contributed by atoms with Crippen molar-refractivity contribution in [3.63, 3.8) is 0 Å². The smallest absolute Gasteiger partial charge is 0.165 e. The summed E-state index contributed by atoms with van der Waals surface area (Å²) in [5.74, 6) is -0.808. The molecule has 1 aliphatic rings. The summed E-state index contributed by atoms with van der Waals surface area (Å²) in [6.45, 7) is 0. The van der Waals surface area contributed by atoms with Crippen LogP contribution in [0.3, 0.4) is 0 Å². The lowest BCUT2D eigenvalue weighted by atomic mass is 10.0. The minimum absolute atomic E-state index is 0.184. The van der Waals surface area contributed by atoms with Crippen molar-refractivity contribution in [3.05, 3.63) is 29.6 Å². The van der Waals surface area contributed by atoms with Gasteiger partial charge in [0, 0.05) is 5.54 Å². The van der Waals surface area contributed by atoms with Gasteiger partial charge in [-0.1, -0.05) is 6.07 Å². The molecular weight excluding hydrogens is 181 g/mol. The lowest BCUT2D eigenvalue weighted by Crippen LogP contribution is -2.29. The fourth-order valence-corrected chi connectivity index (χ4v) is 1.72. The van der Waals surface area contributed by atoms with Gasteiger partial charge < -0.3 is 10.4 Å². The van der Waals surface area contributed by atoms with Gasteiger partial charge in [-0.2, -0.15) is 0 Å². The Hall–Kier alpha value is -1.09. The van der Waals surface area contributed by atoms with E-state index in [1.807, 2.05) is 7.05 Å². The molecule has 1 fully saturated rings. The van der Waals surface area contributed by atoms with Crippen LogP contribution in [0.5, 0.6) is 5.75 Å². The number of hydrogen-bond acceptors (Lipinski definition) is 2. The first-order valence-corrected chi connectivity index (χ1v) is 4.81. The molecule has 0 aromatic heterocycles. The van der Waals surface area contributed by atoms with E-state index >= 15 is 0 Å². The largest absolute Gasteiger partial charge is 0.505 e. The van der Waals surface area contributed by atoms with E-state index in [1.54, 1.807) is 6.07 Å². The van der Waals surface area contributed by atoms with Crippen molar-refractivity contribution in [1.82, 2.24) is 5.32 Å². The van der Waals surface area contributed by atoms with Crippen LogP contribution in [0.1, 0.15) is 18.4 Å². The maximum absolute atomic E-state index is 13.0. The highest BCUT2D eigenvalue weighted by Crippen LogP contribution is 2.38. The summed E-state index contributed by atoms with van der Waals surface area (Å²) < 4.78 is 13.0. The molecule has 1 aliphatic carbocycles. The average molecular weight is 195 g/mol. The number of phenols is 1. The van der Waals surface area contributed by atoms with Gasteiger partial charge in [-0.3, -0.25) is 0 Å². The molecule has 1 aromatic rings. The van der Waals surface area contributed by atoms with E-state index < -0.39 is 5.82 Å². The van der Waals surface area contributed by atoms with Crippen LogP contribution in [0, 0.1) is 5.82 Å². The Morgan fingerprint density at radius 2 is 2.21 bits per heavy atom. The van der Waals surface area contributed by atoms with Crippen LogP contribution in [0.15, 0.2) is 18.2 Å². The third-order valence-corrected chi connectivity index (χ3v) is 2.94. The molecule has 0 heterocycles. The summed E-state index contributed by atoms with van der Waals surface area (Å²) in [6.07, 6.45) is 3.12. The van der Waals surface area contributed by atoms with Crippen molar-refractivity contribution in [1.29, 1.82) is 0 Å². The quantitative estimate of drug-likeness (QED) is 0.771. The molecule has 0 atom stereocenters. The van der Waals surface area contributed by atoms with Crippen LogP contribution in [0.2, 0.25) is 0 Å². The van der Waals surface area contributed by atoms with Crippen LogP contribution in [0.25, 0.3) is 0 Å². The van der Waals surface area contributed by atoms with E-state index in [4.69, 9.17) is 5.11 Å². The van der Waals surface area contributed by atoms with Gasteiger partial charge in [0.2, 0.25) is 0 Å². The Kier molecular flexibility index (Phi) is 2.19. The molecule has 0 radical (unpaired) electrons. The molecule has 0 spiro atoms. The highest BCUT2D eigenvalue weighted by Gasteiger charge is 2.40. The Bertz CT molecular complexity index is 347. The zero-order valence-corrected chi connectivity index (χ0v) is 8.18. The lowest BCUT2D eigenvalue weighted by molar-refractivity contribution is 0.431. The van der Waals surface area contributed by atoms with E-state index in [9.17, 15) is 4.39 Å². The van der Waals surface area contributed by atoms with Crippen LogP contribution in [-0.4, -0.2) is 17.7 Å². The fraction of sp³-hybridized carbons (Fsp3) is 0.455. The average Bonchev–Trinajstić information content (AvgIpc) is 2.93. The number of halogens is 1. The predicted molar refractivity (Wildman–Crippen MR) is 52.8 cm³/mol. The fourth-order valence-electron chi connectivity index (χ4n) is 1.72. The first-order chi connectivity index (χ1) is 6.65. The second kappa shape index (κ2) is 3.24. The summed E-state index contributed by atoms with van der Waals surface area (Å²) in [4.78, 5) is 0. The summed E-state index contributed by atoms with van der Waals surface area (Å²) in [7, 11) is 1.93. The van der Waals surface area contributed by atoms with Crippen LogP contribution in [-0.2, 0) is 6.42 Å². The highest BCUT2D eigenvalue weighted by atomic mass is 19.1. The van der Waals surface area contributed by atoms with Crippen molar-refractivity contribution in [3.8, 4) is 5.75 Å². The van der Waals surface area contributed by atoms with Crippen molar-refractivity contribution in [2.75, 3.05) is 7.05 Å². The standard InChI is InChI=1S/C11H14FNO/c1-13-11(4-5-11)7-8-2-3-10(14)9(12)6-8/h2-3,6,13-14H,4-5,7H2,1H3. The van der Waals surface area contributed by atoms with Gasteiger partial charge >= 0.3 is 0 Å². The molecule has 0 amide bonds. The first kappa shape index (κ1) is 9.46. The molecule has 2 nitrogen and oxygen atoms in total. The summed E-state index contributed by atoms with van der Waals surface area (Å²) in [5, 5.41) is 12.3. The number of rotatable bonds is 3.